The second-order valence-electron chi connectivity index (χ2n) is 9.66. The Morgan fingerprint density at radius 1 is 1.07 bits per heavy atom. The van der Waals surface area contributed by atoms with E-state index in [2.05, 4.69) is 21.1 Å². The average molecular weight is 549 g/mol. The van der Waals surface area contributed by atoms with Crippen LogP contribution in [0, 0.1) is 18.3 Å². The number of carbonyl (C=O) groups is 1. The first-order chi connectivity index (χ1) is 19.1. The van der Waals surface area contributed by atoms with E-state index in [1.54, 1.807) is 35.2 Å². The van der Waals surface area contributed by atoms with Crippen molar-refractivity contribution >= 4 is 11.6 Å². The lowest BCUT2D eigenvalue weighted by Gasteiger charge is -2.38. The zero-order valence-corrected chi connectivity index (χ0v) is 22.2. The van der Waals surface area contributed by atoms with Crippen LogP contribution in [0.5, 0.6) is 5.75 Å². The number of fused-ring (bicyclic) bond motifs is 1. The van der Waals surface area contributed by atoms with Gasteiger partial charge in [-0.15, -0.1) is 0 Å². The van der Waals surface area contributed by atoms with E-state index in [9.17, 15) is 23.2 Å². The van der Waals surface area contributed by atoms with Crippen molar-refractivity contribution in [2.45, 2.75) is 26.1 Å². The van der Waals surface area contributed by atoms with Crippen molar-refractivity contribution in [1.82, 2.24) is 24.4 Å². The zero-order chi connectivity index (χ0) is 28.6. The van der Waals surface area contributed by atoms with Crippen molar-refractivity contribution in [3.05, 3.63) is 82.7 Å². The van der Waals surface area contributed by atoms with Gasteiger partial charge >= 0.3 is 6.18 Å². The molecule has 1 atom stereocenters. The molecule has 2 aromatic heterocycles. The predicted octanol–water partition coefficient (Wildman–Crippen LogP) is 5.12. The molecule has 2 aromatic carbocycles. The topological polar surface area (TPSA) is 86.8 Å². The number of piperazine rings is 1. The third-order valence-corrected chi connectivity index (χ3v) is 7.43. The number of nitrogens with zero attached hydrogens (tertiary/aromatic N) is 6. The highest BCUT2D eigenvalue weighted by molar-refractivity contribution is 6.00. The summed E-state index contributed by atoms with van der Waals surface area (Å²) < 4.78 is 48.6. The number of rotatable bonds is 5. The first-order valence-electron chi connectivity index (χ1n) is 12.8. The van der Waals surface area contributed by atoms with Crippen LogP contribution in [-0.4, -0.2) is 63.6 Å². The lowest BCUT2D eigenvalue weighted by molar-refractivity contribution is -0.143. The molecular weight excluding hydrogens is 521 g/mol. The molecule has 4 aromatic rings. The van der Waals surface area contributed by atoms with Crippen LogP contribution in [0.25, 0.3) is 16.9 Å². The molecule has 1 aliphatic heterocycles. The number of ether oxygens (including phenoxy) is 1. The van der Waals surface area contributed by atoms with E-state index in [0.717, 1.165) is 11.8 Å². The molecule has 40 heavy (non-hydrogen) atoms. The van der Waals surface area contributed by atoms with Gasteiger partial charge in [0.2, 0.25) is 0 Å². The number of nitriles is 1. The number of hydrogen-bond donors (Lipinski definition) is 0. The minimum Gasteiger partial charge on any atom is -0.497 e. The van der Waals surface area contributed by atoms with Crippen LogP contribution in [0.4, 0.5) is 13.2 Å². The van der Waals surface area contributed by atoms with Crippen molar-refractivity contribution in [3.8, 4) is 23.1 Å². The van der Waals surface area contributed by atoms with Gasteiger partial charge in [-0.3, -0.25) is 9.69 Å². The summed E-state index contributed by atoms with van der Waals surface area (Å²) in [6.07, 6.45) is -3.56. The van der Waals surface area contributed by atoms with E-state index in [-0.39, 0.29) is 28.5 Å². The number of carbonyl (C=O) groups excluding carboxylic acids is 1. The first-order valence-corrected chi connectivity index (χ1v) is 12.8. The number of hydrogen-bond acceptors (Lipinski definition) is 6. The maximum Gasteiger partial charge on any atom is 0.433 e. The van der Waals surface area contributed by atoms with E-state index in [0.29, 0.717) is 47.6 Å². The Labute approximate surface area is 229 Å². The van der Waals surface area contributed by atoms with E-state index < -0.39 is 17.8 Å². The second-order valence-corrected chi connectivity index (χ2v) is 9.66. The standard InChI is InChI=1S/C29H27F3N6O2/c1-18-25(20-8-10-22(40-3)11-9-20)35-27-24(17-34-38(27)26(18)29(30,31)32)28(39)37-14-12-36(13-15-37)19(2)23-7-5-4-6-21(23)16-33/h4-11,17,19H,12-15H2,1-3H3/t19-/m0/s1. The summed E-state index contributed by atoms with van der Waals surface area (Å²) in [5.74, 6) is 0.133. The van der Waals surface area contributed by atoms with Crippen LogP contribution >= 0.6 is 0 Å². The van der Waals surface area contributed by atoms with Gasteiger partial charge in [0.15, 0.2) is 11.3 Å². The van der Waals surface area contributed by atoms with Gasteiger partial charge in [-0.05, 0) is 49.7 Å². The molecule has 5 rings (SSSR count). The lowest BCUT2D eigenvalue weighted by atomic mass is 10.0. The summed E-state index contributed by atoms with van der Waals surface area (Å²) in [7, 11) is 1.50. The molecule has 206 valence electrons. The fraction of sp³-hybridized carbons (Fsp3) is 0.310. The lowest BCUT2D eigenvalue weighted by Crippen LogP contribution is -2.49. The molecule has 0 bridgehead atoms. The monoisotopic (exact) mass is 548 g/mol. The van der Waals surface area contributed by atoms with Crippen LogP contribution < -0.4 is 4.74 Å². The Balaban J connectivity index is 1.45. The summed E-state index contributed by atoms with van der Waals surface area (Å²) in [5.41, 5.74) is 0.902. The zero-order valence-electron chi connectivity index (χ0n) is 22.2. The van der Waals surface area contributed by atoms with Gasteiger partial charge in [-0.2, -0.15) is 23.5 Å². The molecule has 11 heteroatoms. The summed E-state index contributed by atoms with van der Waals surface area (Å²) >= 11 is 0. The molecule has 3 heterocycles. The SMILES string of the molecule is COc1ccc(-c2nc3c(C(=O)N4CCN([C@@H](C)c5ccccc5C#N)CC4)cnn3c(C(F)(F)F)c2C)cc1. The molecule has 1 amide bonds. The van der Waals surface area contributed by atoms with Crippen molar-refractivity contribution < 1.29 is 22.7 Å². The Morgan fingerprint density at radius 3 is 2.38 bits per heavy atom. The quantitative estimate of drug-likeness (QED) is 0.344. The highest BCUT2D eigenvalue weighted by atomic mass is 19.4. The van der Waals surface area contributed by atoms with Gasteiger partial charge in [0.05, 0.1) is 30.6 Å². The molecule has 0 unspecified atom stereocenters. The normalized spacial score (nSPS) is 15.2. The van der Waals surface area contributed by atoms with Crippen LogP contribution in [0.2, 0.25) is 0 Å². The largest absolute Gasteiger partial charge is 0.497 e. The summed E-state index contributed by atoms with van der Waals surface area (Å²) in [6.45, 7) is 5.21. The Morgan fingerprint density at radius 2 is 1.75 bits per heavy atom. The average Bonchev–Trinajstić information content (AvgIpc) is 3.38. The third-order valence-electron chi connectivity index (χ3n) is 7.43. The molecular formula is C29H27F3N6O2. The van der Waals surface area contributed by atoms with Crippen LogP contribution in [-0.2, 0) is 6.18 Å². The maximum atomic E-state index is 14.2. The molecule has 8 nitrogen and oxygen atoms in total. The van der Waals surface area contributed by atoms with Crippen LogP contribution in [0.3, 0.4) is 0 Å². The molecule has 0 radical (unpaired) electrons. The number of amides is 1. The Hall–Kier alpha value is -4.43. The number of benzene rings is 2. The second kappa shape index (κ2) is 10.6. The van der Waals surface area contributed by atoms with Gasteiger partial charge in [-0.1, -0.05) is 18.2 Å². The summed E-state index contributed by atoms with van der Waals surface area (Å²) in [5, 5.41) is 13.4. The van der Waals surface area contributed by atoms with E-state index >= 15 is 0 Å². The Bertz CT molecular complexity index is 1600. The number of halogens is 3. The minimum atomic E-state index is -4.72. The van der Waals surface area contributed by atoms with E-state index in [1.165, 1.54) is 14.0 Å². The number of alkyl halides is 3. The smallest absolute Gasteiger partial charge is 0.433 e. The minimum absolute atomic E-state index is 0.0107. The number of aromatic nitrogens is 3. The van der Waals surface area contributed by atoms with Gasteiger partial charge in [0, 0.05) is 43.3 Å². The van der Waals surface area contributed by atoms with E-state index in [1.807, 2.05) is 25.1 Å². The van der Waals surface area contributed by atoms with Crippen molar-refractivity contribution in [2.24, 2.45) is 0 Å². The molecule has 1 fully saturated rings. The Kier molecular flexibility index (Phi) is 7.21. The third kappa shape index (κ3) is 4.86. The van der Waals surface area contributed by atoms with Gasteiger partial charge in [-0.25, -0.2) is 9.50 Å². The highest BCUT2D eigenvalue weighted by Gasteiger charge is 2.39. The van der Waals surface area contributed by atoms with Gasteiger partial charge in [0.1, 0.15) is 11.3 Å². The molecule has 1 aliphatic rings. The van der Waals surface area contributed by atoms with Crippen molar-refractivity contribution in [1.29, 1.82) is 5.26 Å². The predicted molar refractivity (Wildman–Crippen MR) is 142 cm³/mol. The number of methoxy groups -OCH3 is 1. The summed E-state index contributed by atoms with van der Waals surface area (Å²) in [6, 6.07) is 16.2. The van der Waals surface area contributed by atoms with Gasteiger partial charge in [0.25, 0.3) is 5.91 Å². The highest BCUT2D eigenvalue weighted by Crippen LogP contribution is 2.37. The first kappa shape index (κ1) is 27.1. The molecule has 1 saturated heterocycles. The maximum absolute atomic E-state index is 14.2. The van der Waals surface area contributed by atoms with E-state index in [4.69, 9.17) is 4.74 Å². The van der Waals surface area contributed by atoms with Crippen LogP contribution in [0.1, 0.15) is 45.7 Å². The molecule has 0 N–H and O–H groups in total. The summed E-state index contributed by atoms with van der Waals surface area (Å²) in [4.78, 5) is 21.9. The molecule has 0 saturated carbocycles. The van der Waals surface area contributed by atoms with Crippen LogP contribution in [0.15, 0.2) is 54.7 Å². The fourth-order valence-corrected chi connectivity index (χ4v) is 5.23. The molecule has 0 spiro atoms. The molecule has 0 aliphatic carbocycles. The fourth-order valence-electron chi connectivity index (χ4n) is 5.23. The van der Waals surface area contributed by atoms with Gasteiger partial charge < -0.3 is 9.64 Å². The van der Waals surface area contributed by atoms with Crippen molar-refractivity contribution in [3.63, 3.8) is 0 Å². The van der Waals surface area contributed by atoms with Crippen molar-refractivity contribution in [2.75, 3.05) is 33.3 Å².